The molecule has 0 radical (unpaired) electrons. The number of anilines is 1. The highest BCUT2D eigenvalue weighted by Crippen LogP contribution is 2.18. The van der Waals surface area contributed by atoms with Gasteiger partial charge in [-0.3, -0.25) is 15.0 Å². The van der Waals surface area contributed by atoms with Crippen LogP contribution in [0.3, 0.4) is 0 Å². The van der Waals surface area contributed by atoms with E-state index in [-0.39, 0.29) is 5.91 Å². The van der Waals surface area contributed by atoms with E-state index in [0.717, 1.165) is 4.47 Å². The Morgan fingerprint density at radius 2 is 2.27 bits per heavy atom. The van der Waals surface area contributed by atoms with Gasteiger partial charge in [-0.2, -0.15) is 0 Å². The molecule has 1 saturated heterocycles. The van der Waals surface area contributed by atoms with E-state index in [1.54, 1.807) is 18.3 Å². The van der Waals surface area contributed by atoms with Crippen molar-refractivity contribution in [2.24, 2.45) is 0 Å². The summed E-state index contributed by atoms with van der Waals surface area (Å²) in [6, 6.07) is 3.09. The van der Waals surface area contributed by atoms with Gasteiger partial charge in [-0.25, -0.2) is 9.78 Å². The summed E-state index contributed by atoms with van der Waals surface area (Å²) >= 11 is 3.30. The van der Waals surface area contributed by atoms with Gasteiger partial charge in [0.15, 0.2) is 0 Å². The summed E-state index contributed by atoms with van der Waals surface area (Å²) in [7, 11) is 0. The first kappa shape index (κ1) is 10.1. The van der Waals surface area contributed by atoms with Gasteiger partial charge in [-0.15, -0.1) is 0 Å². The van der Waals surface area contributed by atoms with E-state index in [9.17, 15) is 9.59 Å². The zero-order valence-electron chi connectivity index (χ0n) is 7.74. The smallest absolute Gasteiger partial charge is 0.278 e. The first-order valence-corrected chi connectivity index (χ1v) is 5.19. The van der Waals surface area contributed by atoms with Gasteiger partial charge >= 0.3 is 6.03 Å². The standard InChI is InChI=1S/C9H8BrN3O2/c10-6-1-3-11-7(5-6)13-4-2-8(14)12-9(13)15/h1,3,5H,2,4H2,(H,12,14,15). The average Bonchev–Trinajstić information content (AvgIpc) is 2.17. The maximum absolute atomic E-state index is 11.5. The third kappa shape index (κ3) is 2.15. The van der Waals surface area contributed by atoms with Crippen LogP contribution in [-0.2, 0) is 4.79 Å². The van der Waals surface area contributed by atoms with Crippen LogP contribution in [0.1, 0.15) is 6.42 Å². The topological polar surface area (TPSA) is 62.3 Å². The third-order valence-corrected chi connectivity index (χ3v) is 2.53. The van der Waals surface area contributed by atoms with Crippen LogP contribution < -0.4 is 10.2 Å². The number of imide groups is 1. The van der Waals surface area contributed by atoms with E-state index in [2.05, 4.69) is 26.2 Å². The maximum atomic E-state index is 11.5. The Labute approximate surface area is 94.6 Å². The second-order valence-corrected chi connectivity index (χ2v) is 4.00. The van der Waals surface area contributed by atoms with Crippen LogP contribution in [0.2, 0.25) is 0 Å². The molecule has 0 atom stereocenters. The monoisotopic (exact) mass is 269 g/mol. The molecule has 1 fully saturated rings. The van der Waals surface area contributed by atoms with Gasteiger partial charge in [-0.05, 0) is 12.1 Å². The average molecular weight is 270 g/mol. The van der Waals surface area contributed by atoms with E-state index < -0.39 is 6.03 Å². The maximum Gasteiger partial charge on any atom is 0.329 e. The number of aromatic nitrogens is 1. The Morgan fingerprint density at radius 1 is 1.47 bits per heavy atom. The molecular formula is C9H8BrN3O2. The number of urea groups is 1. The van der Waals surface area contributed by atoms with Gasteiger partial charge in [0.05, 0.1) is 0 Å². The predicted octanol–water partition coefficient (Wildman–Crippen LogP) is 1.29. The van der Waals surface area contributed by atoms with Crippen molar-refractivity contribution in [1.29, 1.82) is 0 Å². The highest BCUT2D eigenvalue weighted by Gasteiger charge is 2.24. The first-order chi connectivity index (χ1) is 7.16. The van der Waals surface area contributed by atoms with E-state index in [4.69, 9.17) is 0 Å². The van der Waals surface area contributed by atoms with Crippen LogP contribution >= 0.6 is 15.9 Å². The molecule has 1 N–H and O–H groups in total. The third-order valence-electron chi connectivity index (χ3n) is 2.04. The molecule has 78 valence electrons. The quantitative estimate of drug-likeness (QED) is 0.836. The summed E-state index contributed by atoms with van der Waals surface area (Å²) in [5, 5.41) is 2.24. The van der Waals surface area contributed by atoms with E-state index in [1.807, 2.05) is 0 Å². The lowest BCUT2D eigenvalue weighted by Crippen LogP contribution is -2.49. The van der Waals surface area contributed by atoms with E-state index >= 15 is 0 Å². The highest BCUT2D eigenvalue weighted by atomic mass is 79.9. The molecule has 0 aromatic carbocycles. The number of rotatable bonds is 1. The number of hydrogen-bond donors (Lipinski definition) is 1. The molecule has 1 aliphatic rings. The lowest BCUT2D eigenvalue weighted by molar-refractivity contribution is -0.120. The molecule has 3 amide bonds. The predicted molar refractivity (Wildman–Crippen MR) is 57.4 cm³/mol. The minimum Gasteiger partial charge on any atom is -0.278 e. The Morgan fingerprint density at radius 3 is 2.93 bits per heavy atom. The fourth-order valence-corrected chi connectivity index (χ4v) is 1.65. The number of nitrogens with zero attached hydrogens (tertiary/aromatic N) is 2. The van der Waals surface area contributed by atoms with Crippen molar-refractivity contribution in [2.75, 3.05) is 11.4 Å². The van der Waals surface area contributed by atoms with Crippen molar-refractivity contribution in [1.82, 2.24) is 10.3 Å². The number of nitrogens with one attached hydrogen (secondary N) is 1. The zero-order chi connectivity index (χ0) is 10.8. The molecule has 0 saturated carbocycles. The fraction of sp³-hybridized carbons (Fsp3) is 0.222. The number of pyridine rings is 1. The Bertz CT molecular complexity index is 422. The van der Waals surface area contributed by atoms with Crippen molar-refractivity contribution in [2.45, 2.75) is 6.42 Å². The Hall–Kier alpha value is -1.43. The zero-order valence-corrected chi connectivity index (χ0v) is 9.32. The van der Waals surface area contributed by atoms with E-state index in [0.29, 0.717) is 18.8 Å². The van der Waals surface area contributed by atoms with Crippen molar-refractivity contribution >= 4 is 33.7 Å². The lowest BCUT2D eigenvalue weighted by atomic mass is 10.3. The molecule has 1 aromatic rings. The van der Waals surface area contributed by atoms with Crippen LogP contribution in [-0.4, -0.2) is 23.5 Å². The van der Waals surface area contributed by atoms with Crippen molar-refractivity contribution in [3.63, 3.8) is 0 Å². The first-order valence-electron chi connectivity index (χ1n) is 4.40. The van der Waals surface area contributed by atoms with E-state index in [1.165, 1.54) is 4.90 Å². The highest BCUT2D eigenvalue weighted by molar-refractivity contribution is 9.10. The van der Waals surface area contributed by atoms with Gasteiger partial charge in [0.2, 0.25) is 5.91 Å². The summed E-state index contributed by atoms with van der Waals surface area (Å²) in [4.78, 5) is 27.9. The van der Waals surface area contributed by atoms with Crippen LogP contribution in [0, 0.1) is 0 Å². The van der Waals surface area contributed by atoms with Gasteiger partial charge in [0.25, 0.3) is 0 Å². The molecule has 15 heavy (non-hydrogen) atoms. The van der Waals surface area contributed by atoms with Gasteiger partial charge < -0.3 is 0 Å². The number of carbonyl (C=O) groups is 2. The van der Waals surface area contributed by atoms with Crippen LogP contribution in [0.25, 0.3) is 0 Å². The number of hydrogen-bond acceptors (Lipinski definition) is 3. The summed E-state index contributed by atoms with van der Waals surface area (Å²) in [5.41, 5.74) is 0. The van der Waals surface area contributed by atoms with Crippen molar-refractivity contribution in [3.8, 4) is 0 Å². The Balaban J connectivity index is 2.24. The molecule has 5 nitrogen and oxygen atoms in total. The second-order valence-electron chi connectivity index (χ2n) is 3.09. The van der Waals surface area contributed by atoms with Gasteiger partial charge in [-0.1, -0.05) is 15.9 Å². The molecular weight excluding hydrogens is 262 g/mol. The van der Waals surface area contributed by atoms with Crippen LogP contribution in [0.4, 0.5) is 10.6 Å². The van der Waals surface area contributed by atoms with Gasteiger partial charge in [0, 0.05) is 23.6 Å². The SMILES string of the molecule is O=C1CCN(c2cc(Br)ccn2)C(=O)N1. The fourth-order valence-electron chi connectivity index (χ4n) is 1.32. The minimum absolute atomic E-state index is 0.244. The summed E-state index contributed by atoms with van der Waals surface area (Å²) in [5.74, 6) is 0.292. The second kappa shape index (κ2) is 3.98. The molecule has 0 unspecified atom stereocenters. The summed E-state index contributed by atoms with van der Waals surface area (Å²) in [6.45, 7) is 0.369. The molecule has 1 aliphatic heterocycles. The molecule has 2 rings (SSSR count). The molecule has 0 aliphatic carbocycles. The molecule has 1 aromatic heterocycles. The normalized spacial score (nSPS) is 16.5. The van der Waals surface area contributed by atoms with Gasteiger partial charge in [0.1, 0.15) is 5.82 Å². The van der Waals surface area contributed by atoms with Crippen molar-refractivity contribution in [3.05, 3.63) is 22.8 Å². The number of halogens is 1. The lowest BCUT2D eigenvalue weighted by Gasteiger charge is -2.25. The minimum atomic E-state index is -0.420. The number of amides is 3. The molecule has 0 bridgehead atoms. The molecule has 6 heteroatoms. The molecule has 0 spiro atoms. The number of carbonyl (C=O) groups excluding carboxylic acids is 2. The summed E-state index contributed by atoms with van der Waals surface area (Å²) in [6.07, 6.45) is 1.91. The Kier molecular flexibility index (Phi) is 2.68. The molecule has 2 heterocycles. The van der Waals surface area contributed by atoms with Crippen molar-refractivity contribution < 1.29 is 9.59 Å². The van der Waals surface area contributed by atoms with Crippen LogP contribution in [0.15, 0.2) is 22.8 Å². The largest absolute Gasteiger partial charge is 0.329 e. The van der Waals surface area contributed by atoms with Crippen LogP contribution in [0.5, 0.6) is 0 Å². The summed E-state index contributed by atoms with van der Waals surface area (Å²) < 4.78 is 0.845.